The van der Waals surface area contributed by atoms with E-state index in [2.05, 4.69) is 25.4 Å². The molecule has 3 rings (SSSR count). The Labute approximate surface area is 185 Å². The van der Waals surface area contributed by atoms with Crippen LogP contribution in [0, 0.1) is 5.92 Å². The third-order valence-corrected chi connectivity index (χ3v) is 5.32. The van der Waals surface area contributed by atoms with Crippen LogP contribution in [0.4, 0.5) is 0 Å². The van der Waals surface area contributed by atoms with Gasteiger partial charge in [0.2, 0.25) is 5.91 Å². The number of piperazine rings is 1. The average Bonchev–Trinajstić information content (AvgIpc) is 3.32. The van der Waals surface area contributed by atoms with Crippen molar-refractivity contribution in [1.29, 1.82) is 0 Å². The smallest absolute Gasteiger partial charge is 0.234 e. The Morgan fingerprint density at radius 2 is 2.00 bits per heavy atom. The summed E-state index contributed by atoms with van der Waals surface area (Å²) >= 11 is 0. The minimum atomic E-state index is 0. The lowest BCUT2D eigenvalue weighted by molar-refractivity contribution is -0.122. The summed E-state index contributed by atoms with van der Waals surface area (Å²) in [6.45, 7) is 8.26. The van der Waals surface area contributed by atoms with Gasteiger partial charge in [-0.15, -0.1) is 24.0 Å². The van der Waals surface area contributed by atoms with Gasteiger partial charge >= 0.3 is 0 Å². The van der Waals surface area contributed by atoms with Crippen molar-refractivity contribution in [2.45, 2.75) is 31.7 Å². The Bertz CT molecular complexity index is 490. The second-order valence-electron chi connectivity index (χ2n) is 7.74. The van der Waals surface area contributed by atoms with Crippen LogP contribution in [-0.2, 0) is 14.3 Å². The number of hydrogen-bond donors (Lipinski definition) is 2. The van der Waals surface area contributed by atoms with Crippen LogP contribution in [0.5, 0.6) is 0 Å². The maximum absolute atomic E-state index is 11.9. The van der Waals surface area contributed by atoms with Gasteiger partial charge in [0, 0.05) is 64.9 Å². The quantitative estimate of drug-likeness (QED) is 0.204. The number of amides is 1. The number of halogens is 1. The molecule has 9 heteroatoms. The first kappa shape index (κ1) is 23.6. The molecule has 1 unspecified atom stereocenters. The number of rotatable bonds is 9. The zero-order chi connectivity index (χ0) is 18.9. The molecule has 162 valence electrons. The van der Waals surface area contributed by atoms with Gasteiger partial charge in [-0.3, -0.25) is 14.7 Å². The average molecular weight is 509 g/mol. The van der Waals surface area contributed by atoms with Crippen LogP contribution in [0.3, 0.4) is 0 Å². The molecule has 0 radical (unpaired) electrons. The monoisotopic (exact) mass is 509 g/mol. The standard InChI is InChI=1S/C19H35N5O3.HI/c1-20-19(21-6-2-11-26-14-16-5-12-27-15-16)24-9-7-23(8-10-24)13-18(25)22-17-3-4-17;/h16-17H,2-15H2,1H3,(H,20,21)(H,22,25);1H. The van der Waals surface area contributed by atoms with Crippen molar-refractivity contribution >= 4 is 35.8 Å². The number of guanidine groups is 1. The third-order valence-electron chi connectivity index (χ3n) is 5.32. The molecular weight excluding hydrogens is 473 g/mol. The molecule has 2 saturated heterocycles. The van der Waals surface area contributed by atoms with Crippen LogP contribution in [0.1, 0.15) is 25.7 Å². The lowest BCUT2D eigenvalue weighted by atomic mass is 10.1. The molecule has 2 N–H and O–H groups in total. The topological polar surface area (TPSA) is 78.4 Å². The van der Waals surface area contributed by atoms with Crippen molar-refractivity contribution in [3.05, 3.63) is 0 Å². The van der Waals surface area contributed by atoms with E-state index in [1.54, 1.807) is 0 Å². The Morgan fingerprint density at radius 1 is 1.21 bits per heavy atom. The molecule has 1 atom stereocenters. The largest absolute Gasteiger partial charge is 0.381 e. The molecule has 3 fully saturated rings. The summed E-state index contributed by atoms with van der Waals surface area (Å²) in [7, 11) is 1.83. The first-order chi connectivity index (χ1) is 13.2. The van der Waals surface area contributed by atoms with Gasteiger partial charge in [-0.25, -0.2) is 0 Å². The number of nitrogens with one attached hydrogen (secondary N) is 2. The summed E-state index contributed by atoms with van der Waals surface area (Å²) in [5.74, 6) is 1.69. The molecule has 1 aliphatic carbocycles. The van der Waals surface area contributed by atoms with Gasteiger partial charge in [0.25, 0.3) is 0 Å². The molecule has 0 aromatic heterocycles. The Kier molecular flexibility index (Phi) is 10.8. The molecule has 0 spiro atoms. The maximum atomic E-state index is 11.9. The van der Waals surface area contributed by atoms with Gasteiger partial charge in [-0.05, 0) is 25.7 Å². The zero-order valence-corrected chi connectivity index (χ0v) is 19.4. The molecule has 3 aliphatic rings. The first-order valence-corrected chi connectivity index (χ1v) is 10.4. The van der Waals surface area contributed by atoms with Gasteiger partial charge in [0.05, 0.1) is 19.8 Å². The summed E-state index contributed by atoms with van der Waals surface area (Å²) in [6.07, 6.45) is 4.37. The Hall–Kier alpha value is -0.650. The van der Waals surface area contributed by atoms with E-state index >= 15 is 0 Å². The molecule has 1 saturated carbocycles. The van der Waals surface area contributed by atoms with E-state index in [0.29, 0.717) is 18.5 Å². The molecule has 0 aromatic carbocycles. The highest BCUT2D eigenvalue weighted by Gasteiger charge is 2.25. The molecule has 0 bridgehead atoms. The fourth-order valence-electron chi connectivity index (χ4n) is 3.49. The summed E-state index contributed by atoms with van der Waals surface area (Å²) in [6, 6.07) is 0.442. The molecule has 28 heavy (non-hydrogen) atoms. The maximum Gasteiger partial charge on any atom is 0.234 e. The van der Waals surface area contributed by atoms with Crippen molar-refractivity contribution in [1.82, 2.24) is 20.4 Å². The summed E-state index contributed by atoms with van der Waals surface area (Å²) in [5, 5.41) is 6.49. The van der Waals surface area contributed by atoms with Crippen LogP contribution in [0.15, 0.2) is 4.99 Å². The summed E-state index contributed by atoms with van der Waals surface area (Å²) in [4.78, 5) is 20.8. The first-order valence-electron chi connectivity index (χ1n) is 10.4. The highest BCUT2D eigenvalue weighted by atomic mass is 127. The molecule has 1 amide bonds. The van der Waals surface area contributed by atoms with E-state index in [1.807, 2.05) is 7.05 Å². The molecular formula is C19H36IN5O3. The number of nitrogens with zero attached hydrogens (tertiary/aromatic N) is 3. The molecule has 2 heterocycles. The van der Waals surface area contributed by atoms with E-state index in [1.165, 1.54) is 0 Å². The van der Waals surface area contributed by atoms with E-state index < -0.39 is 0 Å². The molecule has 0 aromatic rings. The summed E-state index contributed by atoms with van der Waals surface area (Å²) < 4.78 is 11.1. The minimum absolute atomic E-state index is 0. The van der Waals surface area contributed by atoms with Crippen molar-refractivity contribution < 1.29 is 14.3 Å². The van der Waals surface area contributed by atoms with Crippen molar-refractivity contribution in [3.8, 4) is 0 Å². The lowest BCUT2D eigenvalue weighted by Crippen LogP contribution is -2.54. The third kappa shape index (κ3) is 8.38. The second kappa shape index (κ2) is 12.8. The number of hydrogen-bond acceptors (Lipinski definition) is 5. The zero-order valence-electron chi connectivity index (χ0n) is 17.0. The van der Waals surface area contributed by atoms with Crippen LogP contribution in [-0.4, -0.2) is 100 Å². The molecule has 2 aliphatic heterocycles. The fourth-order valence-corrected chi connectivity index (χ4v) is 3.49. The van der Waals surface area contributed by atoms with Crippen molar-refractivity contribution in [3.63, 3.8) is 0 Å². The minimum Gasteiger partial charge on any atom is -0.381 e. The van der Waals surface area contributed by atoms with E-state index in [0.717, 1.165) is 90.8 Å². The SMILES string of the molecule is CN=C(NCCCOCC1CCOC1)N1CCN(CC(=O)NC2CC2)CC1.I. The molecule has 8 nitrogen and oxygen atoms in total. The Balaban J connectivity index is 0.00000280. The lowest BCUT2D eigenvalue weighted by Gasteiger charge is -2.36. The van der Waals surface area contributed by atoms with Gasteiger partial charge < -0.3 is 25.0 Å². The fraction of sp³-hybridized carbons (Fsp3) is 0.895. The number of carbonyl (C=O) groups is 1. The van der Waals surface area contributed by atoms with Gasteiger partial charge in [0.1, 0.15) is 0 Å². The van der Waals surface area contributed by atoms with Crippen LogP contribution >= 0.6 is 24.0 Å². The van der Waals surface area contributed by atoms with E-state index in [4.69, 9.17) is 9.47 Å². The van der Waals surface area contributed by atoms with Crippen molar-refractivity contribution in [2.75, 3.05) is 72.7 Å². The van der Waals surface area contributed by atoms with Crippen LogP contribution < -0.4 is 10.6 Å². The number of carbonyl (C=O) groups excluding carboxylic acids is 1. The predicted molar refractivity (Wildman–Crippen MR) is 120 cm³/mol. The van der Waals surface area contributed by atoms with E-state index in [-0.39, 0.29) is 29.9 Å². The second-order valence-corrected chi connectivity index (χ2v) is 7.74. The highest BCUT2D eigenvalue weighted by molar-refractivity contribution is 14.0. The number of aliphatic imine (C=N–C) groups is 1. The number of ether oxygens (including phenoxy) is 2. The van der Waals surface area contributed by atoms with Gasteiger partial charge in [0.15, 0.2) is 5.96 Å². The predicted octanol–water partition coefficient (Wildman–Crippen LogP) is 0.519. The highest BCUT2D eigenvalue weighted by Crippen LogP contribution is 2.18. The van der Waals surface area contributed by atoms with Gasteiger partial charge in [-0.1, -0.05) is 0 Å². The van der Waals surface area contributed by atoms with Crippen LogP contribution in [0.2, 0.25) is 0 Å². The Morgan fingerprint density at radius 3 is 2.64 bits per heavy atom. The normalized spacial score (nSPS) is 23.4. The summed E-state index contributed by atoms with van der Waals surface area (Å²) in [5.41, 5.74) is 0. The van der Waals surface area contributed by atoms with Crippen molar-refractivity contribution in [2.24, 2.45) is 10.9 Å². The van der Waals surface area contributed by atoms with Crippen LogP contribution in [0.25, 0.3) is 0 Å². The van der Waals surface area contributed by atoms with E-state index in [9.17, 15) is 4.79 Å². The van der Waals surface area contributed by atoms with Gasteiger partial charge in [-0.2, -0.15) is 0 Å².